The quantitative estimate of drug-likeness (QED) is 0.503. The van der Waals surface area contributed by atoms with E-state index in [9.17, 15) is 5.11 Å². The molecule has 0 bridgehead atoms. The van der Waals surface area contributed by atoms with Crippen molar-refractivity contribution < 1.29 is 9.84 Å². The lowest BCUT2D eigenvalue weighted by Crippen LogP contribution is -2.25. The average Bonchev–Trinajstić information content (AvgIpc) is 3.02. The molecule has 1 unspecified atom stereocenters. The zero-order valence-corrected chi connectivity index (χ0v) is 18.3. The number of fused-ring (bicyclic) bond motifs is 1. The van der Waals surface area contributed by atoms with Crippen LogP contribution in [0.5, 0.6) is 5.75 Å². The number of hydrogen-bond acceptors (Lipinski definition) is 2. The van der Waals surface area contributed by atoms with Gasteiger partial charge in [0.2, 0.25) is 0 Å². The van der Waals surface area contributed by atoms with Crippen LogP contribution in [-0.2, 0) is 5.60 Å². The lowest BCUT2D eigenvalue weighted by Gasteiger charge is -2.29. The maximum atomic E-state index is 12.2. The minimum atomic E-state index is -1.02. The highest BCUT2D eigenvalue weighted by Gasteiger charge is 2.44. The second-order valence-corrected chi connectivity index (χ2v) is 8.36. The van der Waals surface area contributed by atoms with Crippen molar-refractivity contribution in [3.05, 3.63) is 100 Å². The molecule has 0 fully saturated rings. The lowest BCUT2D eigenvalue weighted by molar-refractivity contribution is 0.0907. The van der Waals surface area contributed by atoms with Gasteiger partial charge in [-0.05, 0) is 60.2 Å². The molecule has 3 aromatic carbocycles. The van der Waals surface area contributed by atoms with Crippen LogP contribution in [0.1, 0.15) is 59.6 Å². The molecular formula is C28H30O2. The average molecular weight is 399 g/mol. The summed E-state index contributed by atoms with van der Waals surface area (Å²) >= 11 is 0. The van der Waals surface area contributed by atoms with Crippen LogP contribution in [0.3, 0.4) is 0 Å². The maximum absolute atomic E-state index is 12.2. The molecule has 1 aliphatic rings. The van der Waals surface area contributed by atoms with Gasteiger partial charge in [-0.1, -0.05) is 85.5 Å². The Morgan fingerprint density at radius 2 is 1.43 bits per heavy atom. The zero-order valence-electron chi connectivity index (χ0n) is 18.3. The van der Waals surface area contributed by atoms with E-state index in [1.807, 2.05) is 12.1 Å². The SMILES string of the molecule is CCCCC1(O)C(c2ccc(C)cc2)=C(c2ccc(C)cc2)c2cc(OC)ccc21. The third kappa shape index (κ3) is 3.46. The van der Waals surface area contributed by atoms with E-state index in [0.717, 1.165) is 52.0 Å². The number of unbranched alkanes of at least 4 members (excludes halogenated alkanes) is 1. The van der Waals surface area contributed by atoms with Crippen molar-refractivity contribution in [1.29, 1.82) is 0 Å². The molecule has 2 nitrogen and oxygen atoms in total. The van der Waals surface area contributed by atoms with Crippen LogP contribution in [0, 0.1) is 13.8 Å². The van der Waals surface area contributed by atoms with E-state index in [2.05, 4.69) is 75.4 Å². The van der Waals surface area contributed by atoms with E-state index in [0.29, 0.717) is 6.42 Å². The Kier molecular flexibility index (Phi) is 5.53. The molecule has 0 radical (unpaired) electrons. The molecule has 0 heterocycles. The van der Waals surface area contributed by atoms with Gasteiger partial charge in [-0.15, -0.1) is 0 Å². The van der Waals surface area contributed by atoms with Crippen LogP contribution >= 0.6 is 0 Å². The van der Waals surface area contributed by atoms with E-state index in [1.54, 1.807) is 7.11 Å². The van der Waals surface area contributed by atoms with Crippen LogP contribution in [0.4, 0.5) is 0 Å². The standard InChI is InChI=1S/C28H30O2/c1-5-6-17-28(29)25-16-15-23(30-4)18-24(25)26(21-11-7-19(2)8-12-21)27(28)22-13-9-20(3)10-14-22/h7-16,18,29H,5-6,17H2,1-4H3. The third-order valence-electron chi connectivity index (χ3n) is 6.18. The Morgan fingerprint density at radius 1 is 0.833 bits per heavy atom. The molecule has 1 N–H and O–H groups in total. The van der Waals surface area contributed by atoms with Crippen LogP contribution in [0.2, 0.25) is 0 Å². The van der Waals surface area contributed by atoms with Gasteiger partial charge in [0.05, 0.1) is 7.11 Å². The summed E-state index contributed by atoms with van der Waals surface area (Å²) in [6.07, 6.45) is 2.69. The molecule has 0 saturated carbocycles. The first-order valence-electron chi connectivity index (χ1n) is 10.8. The van der Waals surface area contributed by atoms with Crippen LogP contribution in [0.15, 0.2) is 66.7 Å². The Bertz CT molecular complexity index is 1070. The fraction of sp³-hybridized carbons (Fsp3) is 0.286. The first kappa shape index (κ1) is 20.4. The highest BCUT2D eigenvalue weighted by Crippen LogP contribution is 2.54. The van der Waals surface area contributed by atoms with Crippen molar-refractivity contribution in [3.63, 3.8) is 0 Å². The summed E-state index contributed by atoms with van der Waals surface area (Å²) in [7, 11) is 1.69. The van der Waals surface area contributed by atoms with Gasteiger partial charge in [0.1, 0.15) is 11.4 Å². The Balaban J connectivity index is 2.05. The topological polar surface area (TPSA) is 29.5 Å². The van der Waals surface area contributed by atoms with Crippen LogP contribution < -0.4 is 4.74 Å². The molecule has 154 valence electrons. The molecule has 30 heavy (non-hydrogen) atoms. The van der Waals surface area contributed by atoms with E-state index in [-0.39, 0.29) is 0 Å². The predicted octanol–water partition coefficient (Wildman–Crippen LogP) is 6.66. The first-order chi connectivity index (χ1) is 14.5. The zero-order chi connectivity index (χ0) is 21.3. The number of aliphatic hydroxyl groups is 1. The summed E-state index contributed by atoms with van der Waals surface area (Å²) in [5.74, 6) is 0.807. The van der Waals surface area contributed by atoms with E-state index >= 15 is 0 Å². The normalized spacial score (nSPS) is 17.9. The second kappa shape index (κ2) is 8.12. The number of hydrogen-bond donors (Lipinski definition) is 1. The number of benzene rings is 3. The van der Waals surface area contributed by atoms with Crippen LogP contribution in [-0.4, -0.2) is 12.2 Å². The van der Waals surface area contributed by atoms with E-state index < -0.39 is 5.60 Å². The monoisotopic (exact) mass is 398 g/mol. The molecule has 0 aromatic heterocycles. The molecule has 1 aliphatic carbocycles. The minimum absolute atomic E-state index is 0.696. The van der Waals surface area contributed by atoms with Crippen molar-refractivity contribution in [2.24, 2.45) is 0 Å². The van der Waals surface area contributed by atoms with Gasteiger partial charge in [0.15, 0.2) is 0 Å². The van der Waals surface area contributed by atoms with Gasteiger partial charge >= 0.3 is 0 Å². The summed E-state index contributed by atoms with van der Waals surface area (Å²) in [5.41, 5.74) is 7.76. The smallest absolute Gasteiger partial charge is 0.119 e. The van der Waals surface area contributed by atoms with Gasteiger partial charge in [0, 0.05) is 5.57 Å². The summed E-state index contributed by atoms with van der Waals surface area (Å²) in [6.45, 7) is 6.36. The molecule has 3 aromatic rings. The van der Waals surface area contributed by atoms with E-state index in [4.69, 9.17) is 4.74 Å². The molecular weight excluding hydrogens is 368 g/mol. The Labute approximate surface area is 179 Å². The number of methoxy groups -OCH3 is 1. The summed E-state index contributed by atoms with van der Waals surface area (Å²) in [5, 5.41) is 12.2. The lowest BCUT2D eigenvalue weighted by atomic mass is 9.81. The highest BCUT2D eigenvalue weighted by atomic mass is 16.5. The molecule has 0 aliphatic heterocycles. The van der Waals surface area contributed by atoms with Crippen molar-refractivity contribution in [2.45, 2.75) is 45.6 Å². The van der Waals surface area contributed by atoms with Crippen molar-refractivity contribution in [3.8, 4) is 5.75 Å². The fourth-order valence-electron chi connectivity index (χ4n) is 4.51. The molecule has 2 heteroatoms. The second-order valence-electron chi connectivity index (χ2n) is 8.36. The molecule has 0 spiro atoms. The molecule has 0 saturated heterocycles. The summed E-state index contributed by atoms with van der Waals surface area (Å²) in [6, 6.07) is 23.2. The number of rotatable bonds is 6. The maximum Gasteiger partial charge on any atom is 0.119 e. The van der Waals surface area contributed by atoms with Crippen molar-refractivity contribution >= 4 is 11.1 Å². The summed E-state index contributed by atoms with van der Waals surface area (Å²) < 4.78 is 5.54. The van der Waals surface area contributed by atoms with Crippen molar-refractivity contribution in [2.75, 3.05) is 7.11 Å². The largest absolute Gasteiger partial charge is 0.497 e. The minimum Gasteiger partial charge on any atom is -0.497 e. The van der Waals surface area contributed by atoms with Crippen LogP contribution in [0.25, 0.3) is 11.1 Å². The van der Waals surface area contributed by atoms with Crippen molar-refractivity contribution in [1.82, 2.24) is 0 Å². The fourth-order valence-corrected chi connectivity index (χ4v) is 4.51. The Morgan fingerprint density at radius 3 is 2.00 bits per heavy atom. The third-order valence-corrected chi connectivity index (χ3v) is 6.18. The van der Waals surface area contributed by atoms with E-state index in [1.165, 1.54) is 11.1 Å². The van der Waals surface area contributed by atoms with Gasteiger partial charge < -0.3 is 9.84 Å². The first-order valence-corrected chi connectivity index (χ1v) is 10.8. The predicted molar refractivity (Wildman–Crippen MR) is 125 cm³/mol. The molecule has 4 rings (SSSR count). The number of aryl methyl sites for hydroxylation is 2. The van der Waals surface area contributed by atoms with Gasteiger partial charge in [-0.3, -0.25) is 0 Å². The highest BCUT2D eigenvalue weighted by molar-refractivity contribution is 6.07. The van der Waals surface area contributed by atoms with Gasteiger partial charge in [0.25, 0.3) is 0 Å². The summed E-state index contributed by atoms with van der Waals surface area (Å²) in [4.78, 5) is 0. The molecule has 0 amide bonds. The Hall–Kier alpha value is -2.84. The number of ether oxygens (including phenoxy) is 1. The molecule has 1 atom stereocenters. The van der Waals surface area contributed by atoms with Gasteiger partial charge in [-0.25, -0.2) is 0 Å². The van der Waals surface area contributed by atoms with Gasteiger partial charge in [-0.2, -0.15) is 0 Å².